The topological polar surface area (TPSA) is 35.8 Å². The monoisotopic (exact) mass is 148 g/mol. The van der Waals surface area contributed by atoms with E-state index in [2.05, 4.69) is 11.5 Å². The fourth-order valence-corrected chi connectivity index (χ4v) is 3.59. The van der Waals surface area contributed by atoms with E-state index >= 15 is 0 Å². The van der Waals surface area contributed by atoms with Gasteiger partial charge in [-0.05, 0) is 42.9 Å². The molecule has 11 heavy (non-hydrogen) atoms. The van der Waals surface area contributed by atoms with Crippen molar-refractivity contribution in [3.63, 3.8) is 0 Å². The lowest BCUT2D eigenvalue weighted by molar-refractivity contribution is 0.456. The summed E-state index contributed by atoms with van der Waals surface area (Å²) < 4.78 is 0. The minimum absolute atomic E-state index is 0.589. The molecule has 2 heteroatoms. The second-order valence-corrected chi connectivity index (χ2v) is 4.27. The van der Waals surface area contributed by atoms with Gasteiger partial charge in [-0.2, -0.15) is 5.26 Å². The predicted octanol–water partition coefficient (Wildman–Crippen LogP) is 1.10. The van der Waals surface area contributed by atoms with Gasteiger partial charge in [-0.15, -0.1) is 0 Å². The maximum atomic E-state index is 8.46. The van der Waals surface area contributed by atoms with Gasteiger partial charge >= 0.3 is 0 Å². The molecule has 3 aliphatic rings. The lowest BCUT2D eigenvalue weighted by Crippen LogP contribution is -2.17. The van der Waals surface area contributed by atoms with Crippen molar-refractivity contribution in [1.29, 1.82) is 5.26 Å². The number of nitrogens with zero attached hydrogens (tertiary/aromatic N) is 1. The van der Waals surface area contributed by atoms with Crippen molar-refractivity contribution in [1.82, 2.24) is 5.32 Å². The molecule has 0 aromatic carbocycles. The van der Waals surface area contributed by atoms with Gasteiger partial charge in [-0.3, -0.25) is 0 Å². The normalized spacial score (nSPS) is 56.8. The highest BCUT2D eigenvalue weighted by atomic mass is 15.0. The van der Waals surface area contributed by atoms with Crippen LogP contribution in [0, 0.1) is 35.1 Å². The summed E-state index contributed by atoms with van der Waals surface area (Å²) in [5.41, 5.74) is 0. The van der Waals surface area contributed by atoms with Gasteiger partial charge in [0.2, 0.25) is 0 Å². The minimum atomic E-state index is 0.589. The summed E-state index contributed by atoms with van der Waals surface area (Å²) in [5.74, 6) is 3.76. The Hall–Kier alpha value is -0.710. The first-order valence-corrected chi connectivity index (χ1v) is 4.56. The second-order valence-electron chi connectivity index (χ2n) is 4.27. The first-order chi connectivity index (χ1) is 5.42. The van der Waals surface area contributed by atoms with Crippen molar-refractivity contribution in [2.24, 2.45) is 23.7 Å². The molecule has 0 heterocycles. The zero-order valence-electron chi connectivity index (χ0n) is 6.46. The third kappa shape index (κ3) is 0.575. The van der Waals surface area contributed by atoms with E-state index in [0.717, 1.165) is 23.7 Å². The highest BCUT2D eigenvalue weighted by Gasteiger charge is 2.65. The van der Waals surface area contributed by atoms with Crippen molar-refractivity contribution in [2.75, 3.05) is 0 Å². The molecule has 3 rings (SSSR count). The maximum Gasteiger partial charge on any atom is 0.176 e. The lowest BCUT2D eigenvalue weighted by atomic mass is 10.0. The quantitative estimate of drug-likeness (QED) is 0.446. The molecule has 4 unspecified atom stereocenters. The Morgan fingerprint density at radius 2 is 1.82 bits per heavy atom. The Morgan fingerprint density at radius 3 is 2.36 bits per heavy atom. The van der Waals surface area contributed by atoms with Gasteiger partial charge in [0.1, 0.15) is 0 Å². The van der Waals surface area contributed by atoms with Crippen LogP contribution in [0.3, 0.4) is 0 Å². The van der Waals surface area contributed by atoms with Gasteiger partial charge in [-0.25, -0.2) is 0 Å². The summed E-state index contributed by atoms with van der Waals surface area (Å²) in [6.45, 7) is 0. The molecule has 0 amide bonds. The molecule has 3 saturated carbocycles. The predicted molar refractivity (Wildman–Crippen MR) is 40.3 cm³/mol. The van der Waals surface area contributed by atoms with E-state index < -0.39 is 0 Å². The first kappa shape index (κ1) is 5.88. The van der Waals surface area contributed by atoms with E-state index in [1.807, 2.05) is 0 Å². The smallest absolute Gasteiger partial charge is 0.176 e. The molecule has 0 aromatic rings. The number of hydrogen-bond acceptors (Lipinski definition) is 2. The van der Waals surface area contributed by atoms with Gasteiger partial charge in [0, 0.05) is 6.04 Å². The number of nitrogens with one attached hydrogen (secondary N) is 1. The Balaban J connectivity index is 1.77. The van der Waals surface area contributed by atoms with Crippen molar-refractivity contribution < 1.29 is 0 Å². The van der Waals surface area contributed by atoms with E-state index in [9.17, 15) is 0 Å². The van der Waals surface area contributed by atoms with Crippen LogP contribution in [0.4, 0.5) is 0 Å². The van der Waals surface area contributed by atoms with Gasteiger partial charge in [0.05, 0.1) is 0 Å². The van der Waals surface area contributed by atoms with Crippen LogP contribution in [0.25, 0.3) is 0 Å². The molecule has 1 N–H and O–H groups in total. The van der Waals surface area contributed by atoms with Gasteiger partial charge < -0.3 is 5.32 Å². The van der Waals surface area contributed by atoms with Crippen LogP contribution in [-0.2, 0) is 0 Å². The summed E-state index contributed by atoms with van der Waals surface area (Å²) in [4.78, 5) is 0. The third-order valence-electron chi connectivity index (χ3n) is 3.97. The minimum Gasteiger partial charge on any atom is -0.320 e. The zero-order valence-corrected chi connectivity index (χ0v) is 6.46. The lowest BCUT2D eigenvalue weighted by Gasteiger charge is -2.05. The van der Waals surface area contributed by atoms with Gasteiger partial charge in [-0.1, -0.05) is 0 Å². The standard InChI is InChI=1S/C9H12N2/c10-4-11-9-7-5-1-2-6(3-5)8(7)9/h5-9,11H,1-3H2. The molecule has 0 radical (unpaired) electrons. The third-order valence-corrected chi connectivity index (χ3v) is 3.97. The number of hydrogen-bond donors (Lipinski definition) is 1. The molecular formula is C9H12N2. The Labute approximate surface area is 66.6 Å². The van der Waals surface area contributed by atoms with E-state index in [-0.39, 0.29) is 0 Å². The molecular weight excluding hydrogens is 136 g/mol. The molecule has 4 atom stereocenters. The van der Waals surface area contributed by atoms with Crippen LogP contribution in [-0.4, -0.2) is 6.04 Å². The van der Waals surface area contributed by atoms with Crippen LogP contribution < -0.4 is 5.32 Å². The fourth-order valence-electron chi connectivity index (χ4n) is 3.59. The van der Waals surface area contributed by atoms with E-state index in [1.165, 1.54) is 19.3 Å². The molecule has 0 spiro atoms. The molecule has 3 aliphatic carbocycles. The highest BCUT2D eigenvalue weighted by Crippen LogP contribution is 2.65. The number of nitriles is 1. The summed E-state index contributed by atoms with van der Waals surface area (Å²) in [6, 6.07) is 0.589. The Morgan fingerprint density at radius 1 is 1.18 bits per heavy atom. The van der Waals surface area contributed by atoms with Gasteiger partial charge in [0.25, 0.3) is 0 Å². The zero-order chi connectivity index (χ0) is 7.42. The van der Waals surface area contributed by atoms with Crippen molar-refractivity contribution in [2.45, 2.75) is 25.3 Å². The SMILES string of the molecule is N#CNC1C2C3CCC(C3)C12. The molecule has 0 saturated heterocycles. The summed E-state index contributed by atoms with van der Waals surface area (Å²) in [6.07, 6.45) is 6.43. The summed E-state index contributed by atoms with van der Waals surface area (Å²) >= 11 is 0. The molecule has 2 nitrogen and oxygen atoms in total. The molecule has 0 aliphatic heterocycles. The van der Waals surface area contributed by atoms with E-state index in [1.54, 1.807) is 0 Å². The highest BCUT2D eigenvalue weighted by molar-refractivity contribution is 5.17. The van der Waals surface area contributed by atoms with Crippen LogP contribution in [0.5, 0.6) is 0 Å². The first-order valence-electron chi connectivity index (χ1n) is 4.56. The average molecular weight is 148 g/mol. The van der Waals surface area contributed by atoms with Crippen molar-refractivity contribution >= 4 is 0 Å². The van der Waals surface area contributed by atoms with Crippen LogP contribution in [0.15, 0.2) is 0 Å². The van der Waals surface area contributed by atoms with E-state index in [0.29, 0.717) is 6.04 Å². The van der Waals surface area contributed by atoms with Crippen molar-refractivity contribution in [3.8, 4) is 6.19 Å². The van der Waals surface area contributed by atoms with Gasteiger partial charge in [0.15, 0.2) is 6.19 Å². The molecule has 3 fully saturated rings. The van der Waals surface area contributed by atoms with Crippen molar-refractivity contribution in [3.05, 3.63) is 0 Å². The van der Waals surface area contributed by atoms with Crippen LogP contribution in [0.1, 0.15) is 19.3 Å². The maximum absolute atomic E-state index is 8.46. The number of fused-ring (bicyclic) bond motifs is 5. The second kappa shape index (κ2) is 1.72. The summed E-state index contributed by atoms with van der Waals surface area (Å²) in [5, 5.41) is 11.4. The van der Waals surface area contributed by atoms with Crippen LogP contribution in [0.2, 0.25) is 0 Å². The molecule has 58 valence electrons. The summed E-state index contributed by atoms with van der Waals surface area (Å²) in [7, 11) is 0. The largest absolute Gasteiger partial charge is 0.320 e. The number of rotatable bonds is 1. The Bertz CT molecular complexity index is 214. The molecule has 0 aromatic heterocycles. The molecule has 2 bridgehead atoms. The fraction of sp³-hybridized carbons (Fsp3) is 0.889. The van der Waals surface area contributed by atoms with E-state index in [4.69, 9.17) is 5.26 Å². The van der Waals surface area contributed by atoms with Crippen LogP contribution >= 0.6 is 0 Å². The average Bonchev–Trinajstić information content (AvgIpc) is 2.43. The Kier molecular flexibility index (Phi) is 0.917.